The quantitative estimate of drug-likeness (QED) is 0.176. The van der Waals surface area contributed by atoms with Crippen molar-refractivity contribution in [2.75, 3.05) is 0 Å². The molecule has 0 radical (unpaired) electrons. The van der Waals surface area contributed by atoms with Crippen LogP contribution in [0.5, 0.6) is 0 Å². The van der Waals surface area contributed by atoms with Gasteiger partial charge in [-0.2, -0.15) is 0 Å². The van der Waals surface area contributed by atoms with Crippen molar-refractivity contribution in [3.63, 3.8) is 0 Å². The number of aromatic nitrogens is 1. The third-order valence-electron chi connectivity index (χ3n) is 5.04. The van der Waals surface area contributed by atoms with E-state index in [1.165, 1.54) is 23.3 Å². The smallest absolute Gasteiger partial charge is 0.263 e. The molecule has 0 aliphatic rings. The fourth-order valence-corrected chi connectivity index (χ4v) is 5.69. The second-order valence-electron chi connectivity index (χ2n) is 7.24. The minimum Gasteiger partial charge on any atom is -0.294 e. The van der Waals surface area contributed by atoms with Crippen molar-refractivity contribution in [2.24, 2.45) is 0 Å². The molecule has 0 unspecified atom stereocenters. The molecule has 33 heavy (non-hydrogen) atoms. The number of hydrogen-bond donors (Lipinski definition) is 0. The van der Waals surface area contributed by atoms with E-state index in [1.807, 2.05) is 30.3 Å². The minimum atomic E-state index is -0.487. The second-order valence-corrected chi connectivity index (χ2v) is 10.4. The van der Waals surface area contributed by atoms with E-state index in [2.05, 4.69) is 31.9 Å². The highest BCUT2D eigenvalue weighted by Crippen LogP contribution is 2.35. The van der Waals surface area contributed by atoms with E-state index in [0.29, 0.717) is 26.3 Å². The van der Waals surface area contributed by atoms with Gasteiger partial charge in [0.15, 0.2) is 5.78 Å². The maximum Gasteiger partial charge on any atom is 0.263 e. The molecule has 0 N–H and O–H groups in total. The number of carbonyl (C=O) groups excluding carboxylic acids is 2. The SMILES string of the molecule is CC(=O)c1c(SCc2ccccc2)n(C(=O)c2ccc(Br)cc2)c2c(Br)ccc(Cl)c2c1=O. The second kappa shape index (κ2) is 9.97. The van der Waals surface area contributed by atoms with Gasteiger partial charge in [-0.25, -0.2) is 0 Å². The van der Waals surface area contributed by atoms with E-state index < -0.39 is 11.2 Å². The number of halogens is 3. The maximum atomic E-state index is 13.8. The van der Waals surface area contributed by atoms with E-state index >= 15 is 0 Å². The lowest BCUT2D eigenvalue weighted by molar-refractivity contribution is 0.0953. The molecule has 3 aromatic carbocycles. The van der Waals surface area contributed by atoms with E-state index in [-0.39, 0.29) is 21.9 Å². The Morgan fingerprint density at radius 3 is 2.27 bits per heavy atom. The highest BCUT2D eigenvalue weighted by Gasteiger charge is 2.27. The molecule has 0 bridgehead atoms. The van der Waals surface area contributed by atoms with Gasteiger partial charge in [0.25, 0.3) is 5.91 Å². The first-order chi connectivity index (χ1) is 15.8. The highest BCUT2D eigenvalue weighted by atomic mass is 79.9. The van der Waals surface area contributed by atoms with Crippen molar-refractivity contribution in [1.82, 2.24) is 4.57 Å². The zero-order valence-corrected chi connectivity index (χ0v) is 22.0. The Bertz CT molecular complexity index is 1450. The van der Waals surface area contributed by atoms with Crippen LogP contribution in [0.25, 0.3) is 10.9 Å². The Kier molecular flexibility index (Phi) is 7.24. The lowest BCUT2D eigenvalue weighted by Gasteiger charge is -2.20. The Labute approximate surface area is 216 Å². The summed E-state index contributed by atoms with van der Waals surface area (Å²) in [5, 5.41) is 0.600. The summed E-state index contributed by atoms with van der Waals surface area (Å²) >= 11 is 14.6. The molecule has 0 aliphatic carbocycles. The molecule has 0 spiro atoms. The van der Waals surface area contributed by atoms with E-state index in [1.54, 1.807) is 36.4 Å². The summed E-state index contributed by atoms with van der Waals surface area (Å²) in [7, 11) is 0. The molecule has 0 aliphatic heterocycles. The van der Waals surface area contributed by atoms with Gasteiger partial charge in [0.05, 0.1) is 26.5 Å². The fraction of sp³-hybridized carbons (Fsp3) is 0.0800. The standard InChI is InChI=1S/C25H16Br2ClNO3S/c1-14(30)20-23(31)21-19(28)12-11-18(27)22(21)29(24(32)16-7-9-17(26)10-8-16)25(20)33-13-15-5-3-2-4-6-15/h2-12H,13H2,1H3. The third kappa shape index (κ3) is 4.73. The van der Waals surface area contributed by atoms with Crippen LogP contribution in [0.15, 0.2) is 85.5 Å². The average Bonchev–Trinajstić information content (AvgIpc) is 2.80. The number of Topliss-reactive ketones (excluding diaryl/α,β-unsaturated/α-hetero) is 1. The number of thioether (sulfide) groups is 1. The van der Waals surface area contributed by atoms with Gasteiger partial charge >= 0.3 is 0 Å². The Hall–Kier alpha value is -2.19. The summed E-state index contributed by atoms with van der Waals surface area (Å²) in [6, 6.07) is 19.8. The number of pyridine rings is 1. The van der Waals surface area contributed by atoms with Crippen LogP contribution in [0.1, 0.15) is 33.2 Å². The zero-order chi connectivity index (χ0) is 23.7. The van der Waals surface area contributed by atoms with Crippen molar-refractivity contribution in [3.8, 4) is 0 Å². The molecule has 4 aromatic rings. The van der Waals surface area contributed by atoms with Crippen molar-refractivity contribution in [2.45, 2.75) is 17.7 Å². The molecule has 0 fully saturated rings. The molecule has 8 heteroatoms. The highest BCUT2D eigenvalue weighted by molar-refractivity contribution is 9.11. The first-order valence-corrected chi connectivity index (χ1v) is 12.8. The molecule has 0 atom stereocenters. The maximum absolute atomic E-state index is 13.8. The first-order valence-electron chi connectivity index (χ1n) is 9.84. The summed E-state index contributed by atoms with van der Waals surface area (Å²) in [5.41, 5.74) is 1.21. The topological polar surface area (TPSA) is 56.1 Å². The van der Waals surface area contributed by atoms with Crippen molar-refractivity contribution in [3.05, 3.63) is 108 Å². The summed E-state index contributed by atoms with van der Waals surface area (Å²) in [4.78, 5) is 40.0. The predicted octanol–water partition coefficient (Wildman–Crippen LogP) is 7.36. The lowest BCUT2D eigenvalue weighted by atomic mass is 10.1. The number of benzene rings is 3. The van der Waals surface area contributed by atoms with Crippen LogP contribution >= 0.6 is 55.2 Å². The molecule has 1 heterocycles. The molecular weight excluding hydrogens is 590 g/mol. The predicted molar refractivity (Wildman–Crippen MR) is 141 cm³/mol. The van der Waals surface area contributed by atoms with Gasteiger partial charge in [-0.05, 0) is 64.8 Å². The molecule has 1 aromatic heterocycles. The summed E-state index contributed by atoms with van der Waals surface area (Å²) in [6.07, 6.45) is 0. The van der Waals surface area contributed by atoms with Gasteiger partial charge in [0.2, 0.25) is 5.43 Å². The monoisotopic (exact) mass is 603 g/mol. The number of rotatable bonds is 5. The van der Waals surface area contributed by atoms with Crippen molar-refractivity contribution >= 4 is 77.8 Å². The average molecular weight is 606 g/mol. The minimum absolute atomic E-state index is 0.0473. The molecular formula is C25H16Br2ClNO3S. The fourth-order valence-electron chi connectivity index (χ4n) is 3.50. The Morgan fingerprint density at radius 2 is 1.64 bits per heavy atom. The summed E-state index contributed by atoms with van der Waals surface area (Å²) in [5.74, 6) is -0.322. The third-order valence-corrected chi connectivity index (χ3v) is 7.66. The normalized spacial score (nSPS) is 11.0. The number of fused-ring (bicyclic) bond motifs is 1. The summed E-state index contributed by atoms with van der Waals surface area (Å²) in [6.45, 7) is 1.33. The molecule has 4 nitrogen and oxygen atoms in total. The molecule has 4 rings (SSSR count). The van der Waals surface area contributed by atoms with Crippen LogP contribution in [0, 0.1) is 0 Å². The van der Waals surface area contributed by atoms with Gasteiger partial charge in [-0.3, -0.25) is 19.0 Å². The van der Waals surface area contributed by atoms with Gasteiger partial charge in [-0.15, -0.1) is 11.8 Å². The number of ketones is 1. The zero-order valence-electron chi connectivity index (χ0n) is 17.3. The molecule has 0 saturated carbocycles. The number of nitrogens with zero attached hydrogens (tertiary/aromatic N) is 1. The van der Waals surface area contributed by atoms with Crippen molar-refractivity contribution in [1.29, 1.82) is 0 Å². The van der Waals surface area contributed by atoms with Crippen LogP contribution in [0.4, 0.5) is 0 Å². The van der Waals surface area contributed by atoms with Gasteiger partial charge in [0.1, 0.15) is 0 Å². The molecule has 0 saturated heterocycles. The molecule has 166 valence electrons. The Morgan fingerprint density at radius 1 is 0.970 bits per heavy atom. The van der Waals surface area contributed by atoms with Crippen LogP contribution in [0.3, 0.4) is 0 Å². The summed E-state index contributed by atoms with van der Waals surface area (Å²) < 4.78 is 2.79. The first kappa shape index (κ1) is 24.0. The van der Waals surface area contributed by atoms with E-state index in [4.69, 9.17) is 11.6 Å². The van der Waals surface area contributed by atoms with E-state index in [0.717, 1.165) is 10.0 Å². The van der Waals surface area contributed by atoms with Crippen LogP contribution in [-0.2, 0) is 5.75 Å². The number of hydrogen-bond acceptors (Lipinski definition) is 4. The van der Waals surface area contributed by atoms with Gasteiger partial charge in [-0.1, -0.05) is 57.9 Å². The van der Waals surface area contributed by atoms with Crippen LogP contribution in [-0.4, -0.2) is 16.3 Å². The Balaban J connectivity index is 2.06. The van der Waals surface area contributed by atoms with Gasteiger partial charge in [0, 0.05) is 20.3 Å². The molecule has 0 amide bonds. The van der Waals surface area contributed by atoms with E-state index in [9.17, 15) is 14.4 Å². The lowest BCUT2D eigenvalue weighted by Crippen LogP contribution is -2.25. The van der Waals surface area contributed by atoms with Crippen LogP contribution < -0.4 is 5.43 Å². The largest absolute Gasteiger partial charge is 0.294 e. The van der Waals surface area contributed by atoms with Crippen LogP contribution in [0.2, 0.25) is 5.02 Å². The van der Waals surface area contributed by atoms with Gasteiger partial charge < -0.3 is 0 Å². The number of carbonyl (C=O) groups is 2. The van der Waals surface area contributed by atoms with Crippen molar-refractivity contribution < 1.29 is 9.59 Å².